The molecule has 0 aromatic rings. The molecule has 412 valence electrons. The molecule has 0 aliphatic carbocycles. The molecule has 1 fully saturated rings. The van der Waals surface area contributed by atoms with Crippen LogP contribution in [0.25, 0.3) is 0 Å². The molecule has 1 rings (SSSR count). The van der Waals surface area contributed by atoms with Crippen molar-refractivity contribution in [3.05, 3.63) is 0 Å². The Morgan fingerprint density at radius 1 is 0.420 bits per heavy atom. The van der Waals surface area contributed by atoms with Crippen LogP contribution in [0.1, 0.15) is 230 Å². The lowest BCUT2D eigenvalue weighted by Crippen LogP contribution is -2.28. The number of hydrogen-bond donors (Lipinski definition) is 0. The average Bonchev–Trinajstić information content (AvgIpc) is 3.82. The zero-order valence-electron chi connectivity index (χ0n) is 47.2. The Hall–Kier alpha value is -0.0700. The van der Waals surface area contributed by atoms with Crippen LogP contribution in [-0.2, 0) is 38.0 Å². The smallest absolute Gasteiger partial charge is 0.305 e. The molecule has 0 N–H and O–H groups in total. The van der Waals surface area contributed by atoms with E-state index in [4.69, 9.17) is 33.2 Å². The predicted octanol–water partition coefficient (Wildman–Crippen LogP) is 16.6. The Bertz CT molecular complexity index is 1090. The Kier molecular flexibility index (Phi) is 46.2. The monoisotopic (exact) mass is 1020 g/mol. The van der Waals surface area contributed by atoms with Gasteiger partial charge in [-0.2, -0.15) is 0 Å². The molecule has 0 spiro atoms. The lowest BCUT2D eigenvalue weighted by atomic mass is 9.91. The molecule has 10 heteroatoms. The van der Waals surface area contributed by atoms with Gasteiger partial charge in [-0.1, -0.05) is 213 Å². The van der Waals surface area contributed by atoms with Crippen molar-refractivity contribution in [1.82, 2.24) is 0 Å². The Morgan fingerprint density at radius 3 is 1.22 bits per heavy atom. The molecule has 0 bridgehead atoms. The van der Waals surface area contributed by atoms with Gasteiger partial charge in [-0.3, -0.25) is 4.79 Å². The normalized spacial score (nSPS) is 17.4. The van der Waals surface area contributed by atoms with Gasteiger partial charge in [0.1, 0.15) is 12.7 Å². The highest BCUT2D eigenvalue weighted by Gasteiger charge is 2.17. The van der Waals surface area contributed by atoms with Crippen molar-refractivity contribution in [2.24, 2.45) is 47.3 Å². The summed E-state index contributed by atoms with van der Waals surface area (Å²) in [5, 5.41) is 0.767. The van der Waals surface area contributed by atoms with Crippen LogP contribution >= 0.6 is 21.6 Å². The third-order valence-electron chi connectivity index (χ3n) is 14.3. The first-order valence-electron chi connectivity index (χ1n) is 29.3. The van der Waals surface area contributed by atoms with Gasteiger partial charge in [-0.05, 0) is 79.4 Å². The molecule has 0 unspecified atom stereocenters. The Balaban J connectivity index is 2.26. The van der Waals surface area contributed by atoms with Crippen LogP contribution in [0.4, 0.5) is 0 Å². The van der Waals surface area contributed by atoms with Crippen LogP contribution in [-0.4, -0.2) is 102 Å². The van der Waals surface area contributed by atoms with E-state index < -0.39 is 0 Å². The highest BCUT2D eigenvalue weighted by Crippen LogP contribution is 2.40. The first kappa shape index (κ1) is 66.9. The quantitative estimate of drug-likeness (QED) is 0.0334. The van der Waals surface area contributed by atoms with Gasteiger partial charge in [0, 0.05) is 30.6 Å². The van der Waals surface area contributed by atoms with Gasteiger partial charge in [-0.25, -0.2) is 0 Å². The largest absolute Gasteiger partial charge is 0.463 e. The molecule has 0 aromatic heterocycles. The molecule has 1 aliphatic heterocycles. The van der Waals surface area contributed by atoms with E-state index in [0.29, 0.717) is 84.3 Å². The molecular formula is C59H116O8S2. The van der Waals surface area contributed by atoms with Gasteiger partial charge in [0.2, 0.25) is 0 Å². The molecule has 1 saturated heterocycles. The summed E-state index contributed by atoms with van der Waals surface area (Å²) in [4.78, 5) is 12.0. The van der Waals surface area contributed by atoms with Crippen LogP contribution < -0.4 is 0 Å². The van der Waals surface area contributed by atoms with Gasteiger partial charge in [0.25, 0.3) is 0 Å². The van der Waals surface area contributed by atoms with E-state index in [1.165, 1.54) is 134 Å². The summed E-state index contributed by atoms with van der Waals surface area (Å²) in [6.45, 7) is 30.2. The van der Waals surface area contributed by atoms with Crippen LogP contribution in [0.15, 0.2) is 0 Å². The van der Waals surface area contributed by atoms with Crippen LogP contribution in [0.5, 0.6) is 0 Å². The van der Waals surface area contributed by atoms with Crippen molar-refractivity contribution in [2.75, 3.05) is 85.0 Å². The number of rotatable bonds is 52. The summed E-state index contributed by atoms with van der Waals surface area (Å²) < 4.78 is 41.0. The van der Waals surface area contributed by atoms with E-state index in [1.807, 2.05) is 21.6 Å². The van der Waals surface area contributed by atoms with Crippen LogP contribution in [0.3, 0.4) is 0 Å². The fourth-order valence-corrected chi connectivity index (χ4v) is 12.3. The molecule has 0 radical (unpaired) electrons. The van der Waals surface area contributed by atoms with Gasteiger partial charge in [0.05, 0.1) is 59.5 Å². The second kappa shape index (κ2) is 47.6. The Morgan fingerprint density at radius 2 is 0.797 bits per heavy atom. The molecule has 0 saturated carbocycles. The third kappa shape index (κ3) is 46.2. The second-order valence-corrected chi connectivity index (χ2v) is 25.6. The maximum atomic E-state index is 12.0. The molecular weight excluding hydrogens is 901 g/mol. The standard InChI is InChI=1S/C59H116O8S2/c1-49(2)19-13-21-51(5)23-15-25-53(7)27-17-29-55(9)33-36-64-47-57(66-37-34-56(10)30-18-28-54(8)26-16-24-52(6)22-14-20-50(3)4)48-65-43-42-62-39-38-61-40-41-63-44-45-67-59(60)32-12-11-31-58-35-46-68-69-58/h49-58H,11-48H2,1-10H3/t51-,52-,53-,54-,55+,56+,57-,58-/m1/s1. The summed E-state index contributed by atoms with van der Waals surface area (Å²) >= 11 is 0. The predicted molar refractivity (Wildman–Crippen MR) is 299 cm³/mol. The summed E-state index contributed by atoms with van der Waals surface area (Å²) in [6, 6.07) is 0. The molecule has 1 heterocycles. The van der Waals surface area contributed by atoms with Crippen molar-refractivity contribution >= 4 is 27.6 Å². The minimum atomic E-state index is -0.125. The molecule has 0 aromatic carbocycles. The number of carbonyl (C=O) groups is 1. The van der Waals surface area contributed by atoms with Crippen molar-refractivity contribution < 1.29 is 38.0 Å². The maximum absolute atomic E-state index is 12.0. The number of unbranched alkanes of at least 4 members (excludes halogenated alkanes) is 1. The van der Waals surface area contributed by atoms with Crippen molar-refractivity contribution in [2.45, 2.75) is 241 Å². The summed E-state index contributed by atoms with van der Waals surface area (Å²) in [5.74, 6) is 7.54. The van der Waals surface area contributed by atoms with Gasteiger partial charge in [-0.15, -0.1) is 0 Å². The number of ether oxygens (including phenoxy) is 7. The summed E-state index contributed by atoms with van der Waals surface area (Å²) in [6.07, 6.45) is 31.6. The SMILES string of the molecule is CC(C)CCC[C@@H](C)CCC[C@@H](C)CCC[C@H](C)CCOC[C@H](COCCOCCOCCOCCOC(=O)CCCC[C@@H]1CCSS1)OCC[C@@H](C)CCC[C@H](C)CCC[C@H](C)CCCC(C)C. The van der Waals surface area contributed by atoms with Gasteiger partial charge >= 0.3 is 5.97 Å². The Labute approximate surface area is 437 Å². The van der Waals surface area contributed by atoms with Crippen LogP contribution in [0.2, 0.25) is 0 Å². The highest BCUT2D eigenvalue weighted by atomic mass is 33.1. The fraction of sp³-hybridized carbons (Fsp3) is 0.983. The second-order valence-electron chi connectivity index (χ2n) is 22.9. The fourth-order valence-electron chi connectivity index (χ4n) is 9.32. The van der Waals surface area contributed by atoms with E-state index in [1.54, 1.807) is 0 Å². The van der Waals surface area contributed by atoms with E-state index in [9.17, 15) is 4.79 Å². The zero-order valence-corrected chi connectivity index (χ0v) is 48.9. The lowest BCUT2D eigenvalue weighted by molar-refractivity contribution is -0.145. The van der Waals surface area contributed by atoms with Gasteiger partial charge < -0.3 is 33.2 Å². The average molecular weight is 1020 g/mol. The molecule has 69 heavy (non-hydrogen) atoms. The first-order chi connectivity index (χ1) is 33.3. The lowest BCUT2D eigenvalue weighted by Gasteiger charge is -2.21. The highest BCUT2D eigenvalue weighted by molar-refractivity contribution is 8.77. The molecule has 8 nitrogen and oxygen atoms in total. The van der Waals surface area contributed by atoms with Crippen LogP contribution in [0, 0.1) is 47.3 Å². The maximum Gasteiger partial charge on any atom is 0.305 e. The molecule has 0 amide bonds. The van der Waals surface area contributed by atoms with E-state index in [-0.39, 0.29) is 12.1 Å². The van der Waals surface area contributed by atoms with Crippen molar-refractivity contribution in [1.29, 1.82) is 0 Å². The van der Waals surface area contributed by atoms with Crippen molar-refractivity contribution in [3.63, 3.8) is 0 Å². The molecule has 1 aliphatic rings. The first-order valence-corrected chi connectivity index (χ1v) is 31.7. The third-order valence-corrected chi connectivity index (χ3v) is 17.4. The number of esters is 1. The summed E-state index contributed by atoms with van der Waals surface area (Å²) in [5.41, 5.74) is 0. The minimum Gasteiger partial charge on any atom is -0.463 e. The zero-order chi connectivity index (χ0) is 50.6. The topological polar surface area (TPSA) is 81.7 Å². The van der Waals surface area contributed by atoms with E-state index >= 15 is 0 Å². The number of hydrogen-bond acceptors (Lipinski definition) is 10. The summed E-state index contributed by atoms with van der Waals surface area (Å²) in [7, 11) is 3.97. The minimum absolute atomic E-state index is 0.0734. The van der Waals surface area contributed by atoms with Crippen molar-refractivity contribution in [3.8, 4) is 0 Å². The molecule has 8 atom stereocenters. The van der Waals surface area contributed by atoms with E-state index in [0.717, 1.165) is 79.7 Å². The number of carbonyl (C=O) groups excluding carboxylic acids is 1. The van der Waals surface area contributed by atoms with E-state index in [2.05, 4.69) is 69.2 Å². The van der Waals surface area contributed by atoms with Gasteiger partial charge in [0.15, 0.2) is 0 Å².